The second-order valence-electron chi connectivity index (χ2n) is 4.35. The Hall–Kier alpha value is -2.64. The number of amides is 1. The van der Waals surface area contributed by atoms with Gasteiger partial charge in [-0.1, -0.05) is 0 Å². The van der Waals surface area contributed by atoms with Gasteiger partial charge in [-0.15, -0.1) is 0 Å². The molecule has 0 unspecified atom stereocenters. The van der Waals surface area contributed by atoms with Gasteiger partial charge in [0.05, 0.1) is 11.5 Å². The van der Waals surface area contributed by atoms with Crippen molar-refractivity contribution in [1.82, 2.24) is 4.90 Å². The lowest BCUT2D eigenvalue weighted by Gasteiger charge is -2.12. The van der Waals surface area contributed by atoms with E-state index in [0.717, 1.165) is 0 Å². The molecule has 0 bridgehead atoms. The van der Waals surface area contributed by atoms with E-state index in [1.807, 2.05) is 0 Å². The van der Waals surface area contributed by atoms with Crippen LogP contribution in [-0.2, 0) is 9.53 Å². The normalized spacial score (nSPS) is 9.86. The maximum absolute atomic E-state index is 11.9. The predicted octanol–water partition coefficient (Wildman–Crippen LogP) is 1.27. The van der Waals surface area contributed by atoms with Crippen molar-refractivity contribution in [3.63, 3.8) is 0 Å². The molecular weight excluding hydrogens is 278 g/mol. The van der Waals surface area contributed by atoms with Gasteiger partial charge in [0.25, 0.3) is 11.6 Å². The Morgan fingerprint density at radius 1 is 1.38 bits per heavy atom. The van der Waals surface area contributed by atoms with E-state index in [0.29, 0.717) is 0 Å². The van der Waals surface area contributed by atoms with Crippen LogP contribution in [0.25, 0.3) is 0 Å². The van der Waals surface area contributed by atoms with Crippen molar-refractivity contribution in [2.75, 3.05) is 32.6 Å². The lowest BCUT2D eigenvalue weighted by molar-refractivity contribution is -0.384. The summed E-state index contributed by atoms with van der Waals surface area (Å²) in [6, 6.07) is 3.94. The maximum atomic E-state index is 11.9. The van der Waals surface area contributed by atoms with E-state index in [4.69, 9.17) is 4.74 Å². The summed E-state index contributed by atoms with van der Waals surface area (Å²) in [7, 11) is 3.16. The van der Waals surface area contributed by atoms with Gasteiger partial charge in [-0.05, 0) is 19.1 Å². The molecule has 1 aromatic carbocycles. The zero-order valence-corrected chi connectivity index (χ0v) is 12.1. The van der Waals surface area contributed by atoms with E-state index in [2.05, 4.69) is 5.32 Å². The number of anilines is 1. The molecule has 0 aliphatic carbocycles. The van der Waals surface area contributed by atoms with Crippen molar-refractivity contribution in [1.29, 1.82) is 0 Å². The second kappa shape index (κ2) is 7.22. The number of hydrogen-bond donors (Lipinski definition) is 1. The third-order valence-corrected chi connectivity index (χ3v) is 2.57. The minimum Gasteiger partial charge on any atom is -0.465 e. The molecular formula is C13H17N3O5. The van der Waals surface area contributed by atoms with Crippen molar-refractivity contribution in [3.8, 4) is 0 Å². The number of nitrogens with zero attached hydrogens (tertiary/aromatic N) is 2. The topological polar surface area (TPSA) is 102 Å². The molecule has 0 heterocycles. The first-order valence-corrected chi connectivity index (χ1v) is 6.26. The summed E-state index contributed by atoms with van der Waals surface area (Å²) in [5, 5.41) is 13.6. The number of nitrogens with one attached hydrogen (secondary N) is 1. The van der Waals surface area contributed by atoms with Gasteiger partial charge in [-0.2, -0.15) is 0 Å². The molecule has 0 aromatic heterocycles. The van der Waals surface area contributed by atoms with Gasteiger partial charge in [0, 0.05) is 25.7 Å². The molecule has 1 rings (SSSR count). The van der Waals surface area contributed by atoms with E-state index in [-0.39, 0.29) is 36.0 Å². The number of hydrogen-bond acceptors (Lipinski definition) is 6. The molecule has 0 saturated heterocycles. The van der Waals surface area contributed by atoms with Crippen molar-refractivity contribution >= 4 is 23.3 Å². The van der Waals surface area contributed by atoms with Crippen LogP contribution in [0, 0.1) is 10.1 Å². The first kappa shape index (κ1) is 16.4. The quantitative estimate of drug-likeness (QED) is 0.482. The highest BCUT2D eigenvalue weighted by Crippen LogP contribution is 2.25. The summed E-state index contributed by atoms with van der Waals surface area (Å²) in [5.74, 6) is -0.819. The SMILES string of the molecule is CCOC(=O)CNc1cc(C(=O)N(C)C)ccc1[N+](=O)[O-]. The first-order chi connectivity index (χ1) is 9.86. The highest BCUT2D eigenvalue weighted by Gasteiger charge is 2.18. The number of carbonyl (C=O) groups is 2. The molecule has 8 nitrogen and oxygen atoms in total. The molecule has 1 aromatic rings. The highest BCUT2D eigenvalue weighted by atomic mass is 16.6. The second-order valence-corrected chi connectivity index (χ2v) is 4.35. The number of esters is 1. The Morgan fingerprint density at radius 3 is 2.57 bits per heavy atom. The van der Waals surface area contributed by atoms with Gasteiger partial charge < -0.3 is 15.0 Å². The average Bonchev–Trinajstić information content (AvgIpc) is 2.44. The lowest BCUT2D eigenvalue weighted by atomic mass is 10.1. The van der Waals surface area contributed by atoms with Gasteiger partial charge >= 0.3 is 5.97 Å². The average molecular weight is 295 g/mol. The third kappa shape index (κ3) is 4.44. The zero-order valence-electron chi connectivity index (χ0n) is 12.1. The van der Waals surface area contributed by atoms with Crippen LogP contribution in [0.15, 0.2) is 18.2 Å². The fourth-order valence-corrected chi connectivity index (χ4v) is 1.61. The summed E-state index contributed by atoms with van der Waals surface area (Å²) < 4.78 is 4.73. The smallest absolute Gasteiger partial charge is 0.325 e. The number of ether oxygens (including phenoxy) is 1. The van der Waals surface area contributed by atoms with Gasteiger partial charge in [-0.3, -0.25) is 19.7 Å². The van der Waals surface area contributed by atoms with Gasteiger partial charge in [-0.25, -0.2) is 0 Å². The molecule has 0 aliphatic heterocycles. The summed E-state index contributed by atoms with van der Waals surface area (Å²) in [6.45, 7) is 1.67. The van der Waals surface area contributed by atoms with Crippen LogP contribution >= 0.6 is 0 Å². The summed E-state index contributed by atoms with van der Waals surface area (Å²) in [6.07, 6.45) is 0. The number of nitro groups is 1. The van der Waals surface area contributed by atoms with Crippen LogP contribution in [0.2, 0.25) is 0 Å². The number of rotatable bonds is 6. The molecule has 0 saturated carbocycles. The van der Waals surface area contributed by atoms with Gasteiger partial charge in [0.15, 0.2) is 0 Å². The number of carbonyl (C=O) groups excluding carboxylic acids is 2. The largest absolute Gasteiger partial charge is 0.465 e. The van der Waals surface area contributed by atoms with Crippen LogP contribution in [0.5, 0.6) is 0 Å². The molecule has 1 N–H and O–H groups in total. The monoisotopic (exact) mass is 295 g/mol. The Morgan fingerprint density at radius 2 is 2.05 bits per heavy atom. The van der Waals surface area contributed by atoms with E-state index >= 15 is 0 Å². The van der Waals surface area contributed by atoms with Crippen LogP contribution < -0.4 is 5.32 Å². The fraction of sp³-hybridized carbons (Fsp3) is 0.385. The number of benzene rings is 1. The number of nitro benzene ring substituents is 1. The van der Waals surface area contributed by atoms with E-state index < -0.39 is 10.9 Å². The van der Waals surface area contributed by atoms with E-state index in [1.165, 1.54) is 23.1 Å². The van der Waals surface area contributed by atoms with Crippen LogP contribution in [0.4, 0.5) is 11.4 Å². The summed E-state index contributed by atoms with van der Waals surface area (Å²) >= 11 is 0. The third-order valence-electron chi connectivity index (χ3n) is 2.57. The highest BCUT2D eigenvalue weighted by molar-refractivity contribution is 5.95. The Balaban J connectivity index is 3.02. The van der Waals surface area contributed by atoms with E-state index in [1.54, 1.807) is 21.0 Å². The molecule has 0 fully saturated rings. The Labute approximate surface area is 121 Å². The molecule has 0 aliphatic rings. The first-order valence-electron chi connectivity index (χ1n) is 6.26. The molecule has 1 amide bonds. The van der Waals surface area contributed by atoms with Crippen LogP contribution in [0.3, 0.4) is 0 Å². The van der Waals surface area contributed by atoms with Gasteiger partial charge in [0.1, 0.15) is 12.2 Å². The van der Waals surface area contributed by atoms with Gasteiger partial charge in [0.2, 0.25) is 0 Å². The predicted molar refractivity (Wildman–Crippen MR) is 76.2 cm³/mol. The minimum atomic E-state index is -0.586. The maximum Gasteiger partial charge on any atom is 0.325 e. The van der Waals surface area contributed by atoms with Crippen LogP contribution in [0.1, 0.15) is 17.3 Å². The summed E-state index contributed by atoms with van der Waals surface area (Å²) in [5.41, 5.74) is 0.173. The summed E-state index contributed by atoms with van der Waals surface area (Å²) in [4.78, 5) is 34.9. The molecule has 21 heavy (non-hydrogen) atoms. The Bertz CT molecular complexity index is 557. The minimum absolute atomic E-state index is 0.0979. The lowest BCUT2D eigenvalue weighted by Crippen LogP contribution is -2.22. The van der Waals surface area contributed by atoms with Crippen molar-refractivity contribution < 1.29 is 19.2 Å². The standard InChI is InChI=1S/C13H17N3O5/c1-4-21-12(17)8-14-10-7-9(13(18)15(2)3)5-6-11(10)16(19)20/h5-7,14H,4,8H2,1-3H3. The molecule has 114 valence electrons. The van der Waals surface area contributed by atoms with Crippen molar-refractivity contribution in [3.05, 3.63) is 33.9 Å². The van der Waals surface area contributed by atoms with E-state index in [9.17, 15) is 19.7 Å². The molecule has 0 spiro atoms. The fourth-order valence-electron chi connectivity index (χ4n) is 1.61. The zero-order chi connectivity index (χ0) is 16.0. The van der Waals surface area contributed by atoms with Crippen molar-refractivity contribution in [2.24, 2.45) is 0 Å². The molecule has 0 radical (unpaired) electrons. The van der Waals surface area contributed by atoms with Crippen LogP contribution in [-0.4, -0.2) is 48.9 Å². The molecule has 0 atom stereocenters. The Kier molecular flexibility index (Phi) is 5.65. The van der Waals surface area contributed by atoms with Crippen molar-refractivity contribution in [2.45, 2.75) is 6.92 Å². The molecule has 8 heteroatoms.